The molecule has 0 heterocycles. The van der Waals surface area contributed by atoms with E-state index in [2.05, 4.69) is 10.6 Å². The summed E-state index contributed by atoms with van der Waals surface area (Å²) in [6.07, 6.45) is 2.36. The molecule has 0 aliphatic heterocycles. The van der Waals surface area contributed by atoms with Gasteiger partial charge < -0.3 is 10.6 Å². The van der Waals surface area contributed by atoms with Crippen molar-refractivity contribution in [2.45, 2.75) is 59.9 Å². The maximum absolute atomic E-state index is 13.2. The van der Waals surface area contributed by atoms with Gasteiger partial charge in [-0.1, -0.05) is 40.5 Å². The summed E-state index contributed by atoms with van der Waals surface area (Å²) in [4.78, 5) is 48.0. The first-order valence-electron chi connectivity index (χ1n) is 10.1. The van der Waals surface area contributed by atoms with Gasteiger partial charge in [-0.05, 0) is 36.1 Å². The molecule has 0 saturated carbocycles. The van der Waals surface area contributed by atoms with Crippen molar-refractivity contribution in [3.05, 3.63) is 29.8 Å². The zero-order valence-corrected chi connectivity index (χ0v) is 18.4. The monoisotopic (exact) mass is 419 g/mol. The van der Waals surface area contributed by atoms with E-state index in [0.717, 1.165) is 12.8 Å². The van der Waals surface area contributed by atoms with Gasteiger partial charge in [-0.15, -0.1) is 0 Å². The predicted octanol–water partition coefficient (Wildman–Crippen LogP) is 3.01. The minimum Gasteiger partial charge on any atom is -0.345 e. The molecule has 0 fully saturated rings. The Balaban J connectivity index is 3.04. The number of hydrogen-bond acceptors (Lipinski definition) is 5. The Hall–Kier alpha value is -2.74. The molecule has 1 aromatic rings. The van der Waals surface area contributed by atoms with Crippen LogP contribution < -0.4 is 10.6 Å². The van der Waals surface area contributed by atoms with Crippen LogP contribution in [0.2, 0.25) is 0 Å². The number of anilines is 1. The molecule has 0 aliphatic rings. The molecule has 30 heavy (non-hydrogen) atoms. The molecule has 1 aromatic carbocycles. The topological polar surface area (TPSA) is 116 Å². The van der Waals surface area contributed by atoms with Crippen LogP contribution in [-0.4, -0.2) is 46.9 Å². The van der Waals surface area contributed by atoms with Gasteiger partial charge in [-0.3, -0.25) is 24.4 Å². The summed E-state index contributed by atoms with van der Waals surface area (Å²) in [5, 5.41) is 15.5. The molecule has 3 amide bonds. The van der Waals surface area contributed by atoms with Gasteiger partial charge in [-0.25, -0.2) is 5.06 Å². The highest BCUT2D eigenvalue weighted by Gasteiger charge is 2.35. The number of hydroxylamine groups is 2. The van der Waals surface area contributed by atoms with E-state index in [9.17, 15) is 24.4 Å². The maximum Gasteiger partial charge on any atom is 0.233 e. The summed E-state index contributed by atoms with van der Waals surface area (Å²) in [6.45, 7) is 8.81. The quantitative estimate of drug-likeness (QED) is 0.221. The average Bonchev–Trinajstić information content (AvgIpc) is 2.67. The van der Waals surface area contributed by atoms with Crippen LogP contribution in [0.3, 0.4) is 0 Å². The SMILES string of the molecule is CCCC[C@H](CN(O)C=O)C(=O)N[C@H](C(=O)c1ccc(NC(C)=O)cc1)C(C)(C)C. The number of amides is 3. The molecule has 1 rings (SSSR count). The van der Waals surface area contributed by atoms with Crippen molar-refractivity contribution in [2.24, 2.45) is 11.3 Å². The van der Waals surface area contributed by atoms with Crippen LogP contribution in [0, 0.1) is 11.3 Å². The van der Waals surface area contributed by atoms with Crippen molar-refractivity contribution in [2.75, 3.05) is 11.9 Å². The Kier molecular flexibility index (Phi) is 9.65. The molecular formula is C22H33N3O5. The van der Waals surface area contributed by atoms with Crippen molar-refractivity contribution in [3.63, 3.8) is 0 Å². The Labute approximate surface area is 178 Å². The highest BCUT2D eigenvalue weighted by Crippen LogP contribution is 2.24. The normalized spacial score (nSPS) is 13.1. The number of carbonyl (C=O) groups is 4. The van der Waals surface area contributed by atoms with Crippen molar-refractivity contribution in [1.29, 1.82) is 0 Å². The lowest BCUT2D eigenvalue weighted by atomic mass is 9.81. The molecule has 0 spiro atoms. The van der Waals surface area contributed by atoms with Gasteiger partial charge in [0.05, 0.1) is 18.5 Å². The highest BCUT2D eigenvalue weighted by atomic mass is 16.5. The fourth-order valence-corrected chi connectivity index (χ4v) is 3.05. The van der Waals surface area contributed by atoms with E-state index in [4.69, 9.17) is 0 Å². The second-order valence-electron chi connectivity index (χ2n) is 8.50. The van der Waals surface area contributed by atoms with E-state index < -0.39 is 17.4 Å². The fraction of sp³-hybridized carbons (Fsp3) is 0.545. The summed E-state index contributed by atoms with van der Waals surface area (Å²) in [7, 11) is 0. The third kappa shape index (κ3) is 7.94. The summed E-state index contributed by atoms with van der Waals surface area (Å²) >= 11 is 0. The molecule has 0 radical (unpaired) electrons. The fourth-order valence-electron chi connectivity index (χ4n) is 3.05. The first-order valence-corrected chi connectivity index (χ1v) is 10.1. The third-order valence-electron chi connectivity index (χ3n) is 4.71. The Bertz CT molecular complexity index is 740. The van der Waals surface area contributed by atoms with Crippen molar-refractivity contribution < 1.29 is 24.4 Å². The summed E-state index contributed by atoms with van der Waals surface area (Å²) in [6, 6.07) is 5.68. The van der Waals surface area contributed by atoms with Crippen LogP contribution in [0.5, 0.6) is 0 Å². The molecule has 3 N–H and O–H groups in total. The van der Waals surface area contributed by atoms with Crippen molar-refractivity contribution in [1.82, 2.24) is 10.4 Å². The van der Waals surface area contributed by atoms with Crippen LogP contribution >= 0.6 is 0 Å². The minimum atomic E-state index is -0.802. The number of nitrogens with zero attached hydrogens (tertiary/aromatic N) is 1. The summed E-state index contributed by atoms with van der Waals surface area (Å²) < 4.78 is 0. The first kappa shape index (κ1) is 25.3. The molecule has 0 unspecified atom stereocenters. The minimum absolute atomic E-state index is 0.133. The van der Waals surface area contributed by atoms with E-state index in [1.54, 1.807) is 24.3 Å². The average molecular weight is 420 g/mol. The van der Waals surface area contributed by atoms with E-state index >= 15 is 0 Å². The van der Waals surface area contributed by atoms with Gasteiger partial charge in [0.2, 0.25) is 18.2 Å². The molecular weight excluding hydrogens is 386 g/mol. The van der Waals surface area contributed by atoms with Gasteiger partial charge in [0.1, 0.15) is 0 Å². The van der Waals surface area contributed by atoms with E-state index in [1.807, 2.05) is 27.7 Å². The van der Waals surface area contributed by atoms with Crippen molar-refractivity contribution >= 4 is 29.7 Å². The van der Waals surface area contributed by atoms with Gasteiger partial charge in [0.15, 0.2) is 5.78 Å². The zero-order valence-electron chi connectivity index (χ0n) is 18.4. The lowest BCUT2D eigenvalue weighted by Crippen LogP contribution is -2.52. The number of rotatable bonds is 11. The number of carbonyl (C=O) groups excluding carboxylic acids is 4. The van der Waals surface area contributed by atoms with Gasteiger partial charge in [-0.2, -0.15) is 0 Å². The smallest absolute Gasteiger partial charge is 0.233 e. The number of nitrogens with one attached hydrogen (secondary N) is 2. The molecule has 8 heteroatoms. The first-order chi connectivity index (χ1) is 14.0. The second kappa shape index (κ2) is 11.4. The van der Waals surface area contributed by atoms with Gasteiger partial charge >= 0.3 is 0 Å². The number of hydrogen-bond donors (Lipinski definition) is 3. The predicted molar refractivity (Wildman–Crippen MR) is 114 cm³/mol. The van der Waals surface area contributed by atoms with E-state index in [1.165, 1.54) is 6.92 Å². The Morgan fingerprint density at radius 1 is 1.17 bits per heavy atom. The lowest BCUT2D eigenvalue weighted by molar-refractivity contribution is -0.154. The zero-order chi connectivity index (χ0) is 22.9. The maximum atomic E-state index is 13.2. The lowest BCUT2D eigenvalue weighted by Gasteiger charge is -2.32. The second-order valence-corrected chi connectivity index (χ2v) is 8.50. The van der Waals surface area contributed by atoms with Crippen LogP contribution in [0.1, 0.15) is 64.2 Å². The molecule has 0 aromatic heterocycles. The Morgan fingerprint density at radius 2 is 1.77 bits per heavy atom. The molecule has 8 nitrogen and oxygen atoms in total. The van der Waals surface area contributed by atoms with Crippen LogP contribution in [0.25, 0.3) is 0 Å². The highest BCUT2D eigenvalue weighted by molar-refractivity contribution is 6.03. The van der Waals surface area contributed by atoms with E-state index in [0.29, 0.717) is 22.7 Å². The largest absolute Gasteiger partial charge is 0.345 e. The third-order valence-corrected chi connectivity index (χ3v) is 4.71. The number of ketones is 1. The number of benzene rings is 1. The van der Waals surface area contributed by atoms with Crippen molar-refractivity contribution in [3.8, 4) is 0 Å². The van der Waals surface area contributed by atoms with Crippen LogP contribution in [0.15, 0.2) is 24.3 Å². The van der Waals surface area contributed by atoms with Crippen LogP contribution in [-0.2, 0) is 14.4 Å². The molecule has 0 saturated heterocycles. The standard InChI is InChI=1S/C22H33N3O5/c1-6-7-8-17(13-25(30)14-26)21(29)24-20(22(3,4)5)19(28)16-9-11-18(12-10-16)23-15(2)27/h9-12,14,17,20,30H,6-8,13H2,1-5H3,(H,23,27)(H,24,29)/t17-,20-/m1/s1. The number of unbranched alkanes of at least 4 members (excludes halogenated alkanes) is 1. The number of Topliss-reactive ketones (excluding diaryl/α,β-unsaturated/α-hetero) is 1. The van der Waals surface area contributed by atoms with Crippen LogP contribution in [0.4, 0.5) is 5.69 Å². The molecule has 2 atom stereocenters. The summed E-state index contributed by atoms with van der Waals surface area (Å²) in [5.41, 5.74) is 0.417. The van der Waals surface area contributed by atoms with Gasteiger partial charge in [0.25, 0.3) is 0 Å². The molecule has 0 aliphatic carbocycles. The van der Waals surface area contributed by atoms with E-state index in [-0.39, 0.29) is 30.6 Å². The van der Waals surface area contributed by atoms with Gasteiger partial charge in [0, 0.05) is 18.2 Å². The summed E-state index contributed by atoms with van der Waals surface area (Å²) in [5.74, 6) is -1.47. The Morgan fingerprint density at radius 3 is 2.23 bits per heavy atom. The molecule has 0 bridgehead atoms. The molecule has 166 valence electrons.